The van der Waals surface area contributed by atoms with Crippen LogP contribution in [0.3, 0.4) is 0 Å². The van der Waals surface area contributed by atoms with E-state index in [1.165, 1.54) is 37.0 Å². The Balaban J connectivity index is 2.04. The van der Waals surface area contributed by atoms with Crippen LogP contribution in [0.1, 0.15) is 67.0 Å². The molecule has 2 rings (SSSR count). The highest BCUT2D eigenvalue weighted by molar-refractivity contribution is 7.09. The highest BCUT2D eigenvalue weighted by Crippen LogP contribution is 2.23. The van der Waals surface area contributed by atoms with E-state index in [-0.39, 0.29) is 11.9 Å². The van der Waals surface area contributed by atoms with Crippen molar-refractivity contribution in [2.75, 3.05) is 7.05 Å². The molecule has 1 atom stereocenters. The number of hydrogen-bond donors (Lipinski definition) is 1. The molecule has 0 bridgehead atoms. The minimum atomic E-state index is -0.102. The molecule has 0 saturated heterocycles. The molecule has 0 radical (unpaired) electrons. The molecule has 4 nitrogen and oxygen atoms in total. The number of carbonyl (C=O) groups excluding carboxylic acids is 1. The summed E-state index contributed by atoms with van der Waals surface area (Å²) in [6.07, 6.45) is 7.28. The van der Waals surface area contributed by atoms with E-state index >= 15 is 0 Å². The lowest BCUT2D eigenvalue weighted by Gasteiger charge is -2.26. The molecule has 2 N–H and O–H groups in total. The van der Waals surface area contributed by atoms with Crippen molar-refractivity contribution in [1.29, 1.82) is 0 Å². The van der Waals surface area contributed by atoms with Gasteiger partial charge in [0.1, 0.15) is 10.7 Å². The van der Waals surface area contributed by atoms with E-state index in [2.05, 4.69) is 4.98 Å². The van der Waals surface area contributed by atoms with Gasteiger partial charge in [0.15, 0.2) is 0 Å². The molecule has 1 aromatic rings. The van der Waals surface area contributed by atoms with Crippen LogP contribution < -0.4 is 5.73 Å². The van der Waals surface area contributed by atoms with Gasteiger partial charge in [-0.05, 0) is 19.8 Å². The van der Waals surface area contributed by atoms with Crippen LogP contribution in [0.15, 0.2) is 5.38 Å². The molecule has 0 spiro atoms. The maximum atomic E-state index is 12.4. The van der Waals surface area contributed by atoms with Crippen LogP contribution in [-0.4, -0.2) is 28.9 Å². The van der Waals surface area contributed by atoms with Crippen molar-refractivity contribution in [3.05, 3.63) is 16.1 Å². The first-order chi connectivity index (χ1) is 9.09. The van der Waals surface area contributed by atoms with Crippen molar-refractivity contribution < 1.29 is 4.79 Å². The minimum Gasteiger partial charge on any atom is -0.337 e. The summed E-state index contributed by atoms with van der Waals surface area (Å²) in [5.41, 5.74) is 6.34. The van der Waals surface area contributed by atoms with E-state index in [4.69, 9.17) is 5.73 Å². The zero-order chi connectivity index (χ0) is 13.8. The number of amides is 1. The van der Waals surface area contributed by atoms with E-state index in [9.17, 15) is 4.79 Å². The van der Waals surface area contributed by atoms with Crippen molar-refractivity contribution in [3.8, 4) is 0 Å². The van der Waals surface area contributed by atoms with Gasteiger partial charge in [-0.1, -0.05) is 25.7 Å². The van der Waals surface area contributed by atoms with E-state index in [1.54, 1.807) is 0 Å². The first-order valence-corrected chi connectivity index (χ1v) is 7.95. The first kappa shape index (κ1) is 14.5. The van der Waals surface area contributed by atoms with Gasteiger partial charge in [-0.3, -0.25) is 4.79 Å². The lowest BCUT2D eigenvalue weighted by atomic mass is 10.1. The topological polar surface area (TPSA) is 59.2 Å². The average Bonchev–Trinajstić information content (AvgIpc) is 2.73. The Kier molecular flexibility index (Phi) is 4.93. The summed E-state index contributed by atoms with van der Waals surface area (Å²) < 4.78 is 0. The molecule has 0 aromatic carbocycles. The van der Waals surface area contributed by atoms with Gasteiger partial charge >= 0.3 is 0 Å². The molecular formula is C14H23N3OS. The number of thiazole rings is 1. The SMILES string of the molecule is CC(N)c1nc(C(=O)N(C)C2CCCCCC2)cs1. The Morgan fingerprint density at radius 1 is 1.42 bits per heavy atom. The van der Waals surface area contributed by atoms with Gasteiger partial charge in [-0.25, -0.2) is 4.98 Å². The van der Waals surface area contributed by atoms with Gasteiger partial charge in [0.05, 0.1) is 6.04 Å². The summed E-state index contributed by atoms with van der Waals surface area (Å²) in [5.74, 6) is 0.0371. The predicted octanol–water partition coefficient (Wildman–Crippen LogP) is 2.96. The molecule has 1 aliphatic rings. The summed E-state index contributed by atoms with van der Waals surface area (Å²) in [7, 11) is 1.91. The van der Waals surface area contributed by atoms with Gasteiger partial charge in [-0.15, -0.1) is 11.3 Å². The molecule has 1 saturated carbocycles. The third-order valence-electron chi connectivity index (χ3n) is 3.82. The van der Waals surface area contributed by atoms with E-state index in [0.29, 0.717) is 11.7 Å². The average molecular weight is 281 g/mol. The maximum Gasteiger partial charge on any atom is 0.273 e. The van der Waals surface area contributed by atoms with E-state index < -0.39 is 0 Å². The molecule has 1 amide bonds. The number of rotatable bonds is 3. The van der Waals surface area contributed by atoms with Crippen LogP contribution >= 0.6 is 11.3 Å². The molecule has 1 fully saturated rings. The minimum absolute atomic E-state index is 0.0371. The zero-order valence-corrected chi connectivity index (χ0v) is 12.6. The van der Waals surface area contributed by atoms with Gasteiger partial charge in [0.25, 0.3) is 5.91 Å². The largest absolute Gasteiger partial charge is 0.337 e. The second kappa shape index (κ2) is 6.48. The third-order valence-corrected chi connectivity index (χ3v) is 4.87. The normalized spacial score (nSPS) is 18.9. The van der Waals surface area contributed by atoms with Gasteiger partial charge < -0.3 is 10.6 Å². The van der Waals surface area contributed by atoms with E-state index in [0.717, 1.165) is 17.8 Å². The van der Waals surface area contributed by atoms with E-state index in [1.807, 2.05) is 24.3 Å². The zero-order valence-electron chi connectivity index (χ0n) is 11.8. The molecular weight excluding hydrogens is 258 g/mol. The smallest absolute Gasteiger partial charge is 0.273 e. The summed E-state index contributed by atoms with van der Waals surface area (Å²) >= 11 is 1.47. The summed E-state index contributed by atoms with van der Waals surface area (Å²) in [5, 5.41) is 2.66. The van der Waals surface area contributed by atoms with Crippen LogP contribution in [0, 0.1) is 0 Å². The molecule has 19 heavy (non-hydrogen) atoms. The number of nitrogens with zero attached hydrogens (tertiary/aromatic N) is 2. The molecule has 5 heteroatoms. The molecule has 1 aliphatic carbocycles. The lowest BCUT2D eigenvalue weighted by Crippen LogP contribution is -2.37. The Labute approximate surface area is 119 Å². The Morgan fingerprint density at radius 3 is 2.58 bits per heavy atom. The fourth-order valence-corrected chi connectivity index (χ4v) is 3.34. The molecule has 1 heterocycles. The number of nitrogens with two attached hydrogens (primary N) is 1. The molecule has 1 aromatic heterocycles. The van der Waals surface area contributed by atoms with Crippen LogP contribution in [0.4, 0.5) is 0 Å². The van der Waals surface area contributed by atoms with Crippen LogP contribution in [0.5, 0.6) is 0 Å². The quantitative estimate of drug-likeness (QED) is 0.867. The molecule has 106 valence electrons. The van der Waals surface area contributed by atoms with Crippen molar-refractivity contribution in [2.45, 2.75) is 57.5 Å². The predicted molar refractivity (Wildman–Crippen MR) is 78.3 cm³/mol. The Bertz CT molecular complexity index is 422. The van der Waals surface area contributed by atoms with Crippen molar-refractivity contribution >= 4 is 17.2 Å². The number of aromatic nitrogens is 1. The standard InChI is InChI=1S/C14H23N3OS/c1-10(15)13-16-12(9-19-13)14(18)17(2)11-7-5-3-4-6-8-11/h9-11H,3-8,15H2,1-2H3. The van der Waals surface area contributed by atoms with Gasteiger partial charge in [0.2, 0.25) is 0 Å². The second-order valence-corrected chi connectivity index (χ2v) is 6.31. The second-order valence-electron chi connectivity index (χ2n) is 5.42. The highest BCUT2D eigenvalue weighted by Gasteiger charge is 2.24. The number of hydrogen-bond acceptors (Lipinski definition) is 4. The maximum absolute atomic E-state index is 12.4. The summed E-state index contributed by atoms with van der Waals surface area (Å²) in [6, 6.07) is 0.269. The van der Waals surface area contributed by atoms with Crippen molar-refractivity contribution in [1.82, 2.24) is 9.88 Å². The fraction of sp³-hybridized carbons (Fsp3) is 0.714. The Morgan fingerprint density at radius 2 is 2.05 bits per heavy atom. The van der Waals surface area contributed by atoms with Gasteiger partial charge in [0, 0.05) is 18.5 Å². The number of carbonyl (C=O) groups is 1. The van der Waals surface area contributed by atoms with Crippen molar-refractivity contribution in [3.63, 3.8) is 0 Å². The summed E-state index contributed by atoms with van der Waals surface area (Å²) in [6.45, 7) is 1.89. The first-order valence-electron chi connectivity index (χ1n) is 7.07. The van der Waals surface area contributed by atoms with Crippen LogP contribution in [0.25, 0.3) is 0 Å². The monoisotopic (exact) mass is 281 g/mol. The van der Waals surface area contributed by atoms with Crippen LogP contribution in [-0.2, 0) is 0 Å². The highest BCUT2D eigenvalue weighted by atomic mass is 32.1. The van der Waals surface area contributed by atoms with Crippen molar-refractivity contribution in [2.24, 2.45) is 5.73 Å². The Hall–Kier alpha value is -0.940. The fourth-order valence-electron chi connectivity index (χ4n) is 2.59. The molecule has 0 aliphatic heterocycles. The lowest BCUT2D eigenvalue weighted by molar-refractivity contribution is 0.0712. The van der Waals surface area contributed by atoms with Gasteiger partial charge in [-0.2, -0.15) is 0 Å². The van der Waals surface area contributed by atoms with Crippen LogP contribution in [0.2, 0.25) is 0 Å². The third kappa shape index (κ3) is 3.54. The summed E-state index contributed by atoms with van der Waals surface area (Å²) in [4.78, 5) is 18.7. The molecule has 1 unspecified atom stereocenters.